The van der Waals surface area contributed by atoms with Crippen molar-refractivity contribution in [2.24, 2.45) is 0 Å². The Balaban J connectivity index is 1.69. The first-order valence-corrected chi connectivity index (χ1v) is 8.17. The van der Waals surface area contributed by atoms with E-state index in [1.807, 2.05) is 0 Å². The second kappa shape index (κ2) is 7.48. The standard InChI is InChI=1S/C17H17N5O5/c1-10-13(6-3-7-15(10)22(26)27)17(23)18-16-9-14(19-20-16)11-4-2-5-12(8-11)21(24)25/h2-8,14,16,19-20H,9H2,1H3,(H,18,23). The number of nitrogens with zero attached hydrogens (tertiary/aromatic N) is 2. The van der Waals surface area contributed by atoms with Gasteiger partial charge in [-0.05, 0) is 18.6 Å². The SMILES string of the molecule is Cc1c(C(=O)NC2CC(c3cccc([N+](=O)[O-])c3)NN2)cccc1[N+](=O)[O-]. The van der Waals surface area contributed by atoms with Crippen LogP contribution in [0.3, 0.4) is 0 Å². The highest BCUT2D eigenvalue weighted by atomic mass is 16.6. The Morgan fingerprint density at radius 1 is 1.11 bits per heavy atom. The van der Waals surface area contributed by atoms with Gasteiger partial charge in [0.15, 0.2) is 0 Å². The van der Waals surface area contributed by atoms with E-state index in [2.05, 4.69) is 16.2 Å². The molecule has 0 bridgehead atoms. The van der Waals surface area contributed by atoms with Crippen molar-refractivity contribution in [2.45, 2.75) is 25.6 Å². The van der Waals surface area contributed by atoms with E-state index in [1.165, 1.54) is 37.3 Å². The third-order valence-electron chi connectivity index (χ3n) is 4.44. The number of rotatable bonds is 5. The zero-order valence-electron chi connectivity index (χ0n) is 14.3. The number of nitrogens with one attached hydrogen (secondary N) is 3. The summed E-state index contributed by atoms with van der Waals surface area (Å²) < 4.78 is 0. The average molecular weight is 371 g/mol. The van der Waals surface area contributed by atoms with E-state index in [0.717, 1.165) is 5.56 Å². The highest BCUT2D eigenvalue weighted by molar-refractivity contribution is 5.96. The third-order valence-corrected chi connectivity index (χ3v) is 4.44. The van der Waals surface area contributed by atoms with Crippen LogP contribution in [0.5, 0.6) is 0 Å². The maximum Gasteiger partial charge on any atom is 0.273 e. The van der Waals surface area contributed by atoms with Gasteiger partial charge in [-0.2, -0.15) is 0 Å². The molecule has 3 rings (SSSR count). The Morgan fingerprint density at radius 3 is 2.56 bits per heavy atom. The fourth-order valence-electron chi connectivity index (χ4n) is 3.03. The molecule has 0 radical (unpaired) electrons. The van der Waals surface area contributed by atoms with Crippen LogP contribution in [0.2, 0.25) is 0 Å². The van der Waals surface area contributed by atoms with Gasteiger partial charge in [-0.3, -0.25) is 25.0 Å². The topological polar surface area (TPSA) is 139 Å². The highest BCUT2D eigenvalue weighted by Gasteiger charge is 2.28. The molecular weight excluding hydrogens is 354 g/mol. The van der Waals surface area contributed by atoms with Gasteiger partial charge in [-0.1, -0.05) is 18.2 Å². The molecule has 2 atom stereocenters. The number of nitro benzene ring substituents is 2. The lowest BCUT2D eigenvalue weighted by atomic mass is 10.0. The van der Waals surface area contributed by atoms with Gasteiger partial charge < -0.3 is 5.32 Å². The molecule has 0 aliphatic carbocycles. The Kier molecular flexibility index (Phi) is 5.10. The summed E-state index contributed by atoms with van der Waals surface area (Å²) in [4.78, 5) is 33.4. The third kappa shape index (κ3) is 3.91. The molecule has 27 heavy (non-hydrogen) atoms. The van der Waals surface area contributed by atoms with Crippen LogP contribution >= 0.6 is 0 Å². The van der Waals surface area contributed by atoms with Crippen molar-refractivity contribution in [1.29, 1.82) is 0 Å². The summed E-state index contributed by atoms with van der Waals surface area (Å²) >= 11 is 0. The first-order chi connectivity index (χ1) is 12.9. The summed E-state index contributed by atoms with van der Waals surface area (Å²) in [7, 11) is 0. The summed E-state index contributed by atoms with van der Waals surface area (Å²) in [5.41, 5.74) is 7.04. The molecule has 2 unspecified atom stereocenters. The van der Waals surface area contributed by atoms with Crippen LogP contribution in [0.1, 0.15) is 33.9 Å². The first kappa shape index (κ1) is 18.4. The molecule has 1 saturated heterocycles. The number of carbonyl (C=O) groups excluding carboxylic acids is 1. The minimum absolute atomic E-state index is 0.00555. The Hall–Kier alpha value is -3.37. The molecule has 0 saturated carbocycles. The van der Waals surface area contributed by atoms with E-state index in [4.69, 9.17) is 0 Å². The predicted molar refractivity (Wildman–Crippen MR) is 95.8 cm³/mol. The van der Waals surface area contributed by atoms with Gasteiger partial charge in [0, 0.05) is 41.8 Å². The van der Waals surface area contributed by atoms with Crippen molar-refractivity contribution in [1.82, 2.24) is 16.2 Å². The lowest BCUT2D eigenvalue weighted by Gasteiger charge is -2.13. The second-order valence-electron chi connectivity index (χ2n) is 6.16. The summed E-state index contributed by atoms with van der Waals surface area (Å²) in [6.45, 7) is 1.53. The van der Waals surface area contributed by atoms with Crippen molar-refractivity contribution >= 4 is 17.3 Å². The summed E-state index contributed by atoms with van der Waals surface area (Å²) in [5, 5.41) is 24.7. The van der Waals surface area contributed by atoms with Crippen LogP contribution in [-0.2, 0) is 0 Å². The van der Waals surface area contributed by atoms with Gasteiger partial charge in [0.25, 0.3) is 17.3 Å². The van der Waals surface area contributed by atoms with Crippen molar-refractivity contribution < 1.29 is 14.6 Å². The van der Waals surface area contributed by atoms with Crippen molar-refractivity contribution in [3.8, 4) is 0 Å². The number of carbonyl (C=O) groups is 1. The number of non-ortho nitro benzene ring substituents is 1. The fraction of sp³-hybridized carbons (Fsp3) is 0.235. The number of benzene rings is 2. The summed E-state index contributed by atoms with van der Waals surface area (Å²) in [6.07, 6.45) is 0.0290. The molecule has 2 aromatic rings. The first-order valence-electron chi connectivity index (χ1n) is 8.17. The van der Waals surface area contributed by atoms with E-state index in [9.17, 15) is 25.0 Å². The largest absolute Gasteiger partial charge is 0.335 e. The van der Waals surface area contributed by atoms with Crippen molar-refractivity contribution in [3.05, 3.63) is 79.4 Å². The lowest BCUT2D eigenvalue weighted by Crippen LogP contribution is -2.44. The molecule has 0 spiro atoms. The van der Waals surface area contributed by atoms with Gasteiger partial charge in [0.05, 0.1) is 16.0 Å². The van der Waals surface area contributed by atoms with E-state index < -0.39 is 21.9 Å². The molecule has 1 heterocycles. The Bertz CT molecular complexity index is 916. The van der Waals surface area contributed by atoms with Crippen LogP contribution in [-0.4, -0.2) is 21.9 Å². The molecule has 10 heteroatoms. The highest BCUT2D eigenvalue weighted by Crippen LogP contribution is 2.25. The number of amides is 1. The van der Waals surface area contributed by atoms with E-state index in [1.54, 1.807) is 12.1 Å². The van der Waals surface area contributed by atoms with Gasteiger partial charge in [-0.25, -0.2) is 10.9 Å². The zero-order valence-corrected chi connectivity index (χ0v) is 14.3. The second-order valence-corrected chi connectivity index (χ2v) is 6.16. The molecule has 1 fully saturated rings. The molecule has 3 N–H and O–H groups in total. The molecule has 1 amide bonds. The number of hydrazine groups is 1. The molecule has 140 valence electrons. The summed E-state index contributed by atoms with van der Waals surface area (Å²) in [5.74, 6) is -0.435. The minimum atomic E-state index is -0.528. The normalized spacial score (nSPS) is 18.9. The number of hydrogen-bond donors (Lipinski definition) is 3. The van der Waals surface area contributed by atoms with E-state index in [0.29, 0.717) is 12.0 Å². The molecule has 2 aromatic carbocycles. The van der Waals surface area contributed by atoms with Gasteiger partial charge in [0.1, 0.15) is 0 Å². The van der Waals surface area contributed by atoms with Gasteiger partial charge in [0.2, 0.25) is 0 Å². The number of hydrogen-bond acceptors (Lipinski definition) is 7. The van der Waals surface area contributed by atoms with Gasteiger partial charge in [-0.15, -0.1) is 0 Å². The minimum Gasteiger partial charge on any atom is -0.335 e. The maximum atomic E-state index is 12.5. The van der Waals surface area contributed by atoms with Crippen LogP contribution in [0.15, 0.2) is 42.5 Å². The van der Waals surface area contributed by atoms with Gasteiger partial charge >= 0.3 is 0 Å². The lowest BCUT2D eigenvalue weighted by molar-refractivity contribution is -0.385. The van der Waals surface area contributed by atoms with E-state index >= 15 is 0 Å². The fourth-order valence-corrected chi connectivity index (χ4v) is 3.03. The zero-order chi connectivity index (χ0) is 19.6. The van der Waals surface area contributed by atoms with Crippen molar-refractivity contribution in [3.63, 3.8) is 0 Å². The van der Waals surface area contributed by atoms with Crippen LogP contribution in [0.25, 0.3) is 0 Å². The van der Waals surface area contributed by atoms with Crippen LogP contribution in [0.4, 0.5) is 11.4 Å². The molecule has 10 nitrogen and oxygen atoms in total. The maximum absolute atomic E-state index is 12.5. The molecular formula is C17H17N5O5. The number of nitro groups is 2. The van der Waals surface area contributed by atoms with Crippen molar-refractivity contribution in [2.75, 3.05) is 0 Å². The Labute approximate surface area is 153 Å². The predicted octanol–water partition coefficient (Wildman–Crippen LogP) is 2.11. The summed E-state index contributed by atoms with van der Waals surface area (Å²) in [6, 6.07) is 10.4. The molecule has 1 aliphatic heterocycles. The van der Waals surface area contributed by atoms with E-state index in [-0.39, 0.29) is 23.0 Å². The molecule has 0 aromatic heterocycles. The monoisotopic (exact) mass is 371 g/mol. The Morgan fingerprint density at radius 2 is 1.85 bits per heavy atom. The van der Waals surface area contributed by atoms with Crippen LogP contribution < -0.4 is 16.2 Å². The average Bonchev–Trinajstić information content (AvgIpc) is 3.10. The van der Waals surface area contributed by atoms with Crippen LogP contribution in [0, 0.1) is 27.2 Å². The quantitative estimate of drug-likeness (QED) is 0.540. The smallest absolute Gasteiger partial charge is 0.273 e. The molecule has 1 aliphatic rings.